The quantitative estimate of drug-likeness (QED) is 0.780. The Hall–Kier alpha value is -1.84. The number of fused-ring (bicyclic) bond motifs is 1. The average molecular weight is 283 g/mol. The van der Waals surface area contributed by atoms with E-state index in [1.54, 1.807) is 18.4 Å². The number of hydrogen-bond acceptors (Lipinski definition) is 3. The van der Waals surface area contributed by atoms with E-state index < -0.39 is 0 Å². The standard InChI is InChI=1S/C17H17NOS/c1-19-13-8-6-12(7-9-13)10-16(18)15-11-20-17-5-3-2-4-14(15)17/h2-9,11,16H,10,18H2,1H3. The summed E-state index contributed by atoms with van der Waals surface area (Å²) in [6.07, 6.45) is 0.838. The Morgan fingerprint density at radius 2 is 1.85 bits per heavy atom. The molecule has 3 aromatic rings. The predicted octanol–water partition coefficient (Wildman–Crippen LogP) is 4.15. The lowest BCUT2D eigenvalue weighted by atomic mass is 9.99. The van der Waals surface area contributed by atoms with Crippen molar-refractivity contribution in [1.29, 1.82) is 0 Å². The van der Waals surface area contributed by atoms with Gasteiger partial charge < -0.3 is 10.5 Å². The maximum atomic E-state index is 6.38. The van der Waals surface area contributed by atoms with Crippen molar-refractivity contribution in [2.75, 3.05) is 7.11 Å². The van der Waals surface area contributed by atoms with Crippen LogP contribution in [0.5, 0.6) is 5.75 Å². The molecule has 0 aliphatic carbocycles. The van der Waals surface area contributed by atoms with Crippen molar-refractivity contribution in [3.8, 4) is 5.75 Å². The summed E-state index contributed by atoms with van der Waals surface area (Å²) in [6.45, 7) is 0. The molecule has 0 bridgehead atoms. The van der Waals surface area contributed by atoms with Crippen LogP contribution in [0.4, 0.5) is 0 Å². The number of rotatable bonds is 4. The van der Waals surface area contributed by atoms with E-state index in [-0.39, 0.29) is 6.04 Å². The molecule has 2 N–H and O–H groups in total. The van der Waals surface area contributed by atoms with Crippen LogP contribution in [-0.4, -0.2) is 7.11 Å². The first-order chi connectivity index (χ1) is 9.78. The molecule has 0 saturated carbocycles. The first-order valence-electron chi connectivity index (χ1n) is 6.62. The Balaban J connectivity index is 1.83. The lowest BCUT2D eigenvalue weighted by molar-refractivity contribution is 0.414. The Labute approximate surface area is 122 Å². The molecule has 0 spiro atoms. The van der Waals surface area contributed by atoms with E-state index in [0.717, 1.165) is 12.2 Å². The molecule has 2 nitrogen and oxygen atoms in total. The van der Waals surface area contributed by atoms with E-state index in [2.05, 4.69) is 41.8 Å². The highest BCUT2D eigenvalue weighted by Gasteiger charge is 2.12. The van der Waals surface area contributed by atoms with Crippen LogP contribution in [-0.2, 0) is 6.42 Å². The maximum Gasteiger partial charge on any atom is 0.118 e. The van der Waals surface area contributed by atoms with Gasteiger partial charge in [-0.15, -0.1) is 11.3 Å². The molecule has 0 radical (unpaired) electrons. The van der Waals surface area contributed by atoms with Crippen LogP contribution in [0, 0.1) is 0 Å². The van der Waals surface area contributed by atoms with Gasteiger partial charge in [-0.3, -0.25) is 0 Å². The number of ether oxygens (including phenoxy) is 1. The summed E-state index contributed by atoms with van der Waals surface area (Å²) in [6, 6.07) is 16.6. The summed E-state index contributed by atoms with van der Waals surface area (Å²) >= 11 is 1.76. The van der Waals surface area contributed by atoms with Gasteiger partial charge in [-0.05, 0) is 46.5 Å². The summed E-state index contributed by atoms with van der Waals surface area (Å²) in [5, 5.41) is 3.46. The topological polar surface area (TPSA) is 35.2 Å². The second-order valence-electron chi connectivity index (χ2n) is 4.85. The summed E-state index contributed by atoms with van der Waals surface area (Å²) < 4.78 is 6.47. The molecule has 3 rings (SSSR count). The Bertz CT molecular complexity index is 702. The highest BCUT2D eigenvalue weighted by Crippen LogP contribution is 2.30. The number of hydrogen-bond donors (Lipinski definition) is 1. The zero-order chi connectivity index (χ0) is 13.9. The zero-order valence-electron chi connectivity index (χ0n) is 11.4. The Kier molecular flexibility index (Phi) is 3.72. The smallest absolute Gasteiger partial charge is 0.118 e. The van der Waals surface area contributed by atoms with Gasteiger partial charge in [0.1, 0.15) is 5.75 Å². The fraction of sp³-hybridized carbons (Fsp3) is 0.176. The average Bonchev–Trinajstić information content (AvgIpc) is 2.92. The van der Waals surface area contributed by atoms with Crippen molar-refractivity contribution in [2.24, 2.45) is 5.73 Å². The molecule has 1 unspecified atom stereocenters. The predicted molar refractivity (Wildman–Crippen MR) is 85.5 cm³/mol. The Morgan fingerprint density at radius 1 is 1.10 bits per heavy atom. The third-order valence-electron chi connectivity index (χ3n) is 3.53. The molecular formula is C17H17NOS. The van der Waals surface area contributed by atoms with Crippen molar-refractivity contribution < 1.29 is 4.74 Å². The van der Waals surface area contributed by atoms with E-state index in [1.807, 2.05) is 12.1 Å². The van der Waals surface area contributed by atoms with Gasteiger partial charge in [0.15, 0.2) is 0 Å². The van der Waals surface area contributed by atoms with E-state index >= 15 is 0 Å². The largest absolute Gasteiger partial charge is 0.497 e. The Morgan fingerprint density at radius 3 is 2.60 bits per heavy atom. The lowest BCUT2D eigenvalue weighted by Gasteiger charge is -2.11. The molecule has 0 aliphatic rings. The summed E-state index contributed by atoms with van der Waals surface area (Å²) in [5.74, 6) is 0.878. The molecule has 3 heteroatoms. The summed E-state index contributed by atoms with van der Waals surface area (Å²) in [4.78, 5) is 0. The van der Waals surface area contributed by atoms with E-state index in [4.69, 9.17) is 10.5 Å². The number of methoxy groups -OCH3 is 1. The minimum absolute atomic E-state index is 0.0274. The molecule has 20 heavy (non-hydrogen) atoms. The SMILES string of the molecule is COc1ccc(CC(N)c2csc3ccccc23)cc1. The first-order valence-corrected chi connectivity index (χ1v) is 7.50. The summed E-state index contributed by atoms with van der Waals surface area (Å²) in [7, 11) is 1.68. The van der Waals surface area contributed by atoms with Gasteiger partial charge >= 0.3 is 0 Å². The van der Waals surface area contributed by atoms with Crippen LogP contribution >= 0.6 is 11.3 Å². The third kappa shape index (κ3) is 2.55. The monoisotopic (exact) mass is 283 g/mol. The van der Waals surface area contributed by atoms with Gasteiger partial charge in [-0.1, -0.05) is 30.3 Å². The van der Waals surface area contributed by atoms with Crippen LogP contribution in [0.2, 0.25) is 0 Å². The van der Waals surface area contributed by atoms with E-state index in [0.29, 0.717) is 0 Å². The van der Waals surface area contributed by atoms with Gasteiger partial charge in [0.2, 0.25) is 0 Å². The van der Waals surface area contributed by atoms with Crippen LogP contribution in [0.25, 0.3) is 10.1 Å². The van der Waals surface area contributed by atoms with E-state index in [9.17, 15) is 0 Å². The highest BCUT2D eigenvalue weighted by molar-refractivity contribution is 7.17. The van der Waals surface area contributed by atoms with Crippen molar-refractivity contribution in [3.63, 3.8) is 0 Å². The molecular weight excluding hydrogens is 266 g/mol. The molecule has 0 amide bonds. The van der Waals surface area contributed by atoms with Crippen molar-refractivity contribution in [2.45, 2.75) is 12.5 Å². The first kappa shape index (κ1) is 13.2. The van der Waals surface area contributed by atoms with Gasteiger partial charge in [0.25, 0.3) is 0 Å². The molecule has 1 aromatic heterocycles. The highest BCUT2D eigenvalue weighted by atomic mass is 32.1. The van der Waals surface area contributed by atoms with Crippen LogP contribution in [0.15, 0.2) is 53.9 Å². The third-order valence-corrected chi connectivity index (χ3v) is 4.51. The molecule has 0 saturated heterocycles. The van der Waals surface area contributed by atoms with Crippen molar-refractivity contribution in [3.05, 3.63) is 65.0 Å². The molecule has 0 aliphatic heterocycles. The fourth-order valence-corrected chi connectivity index (χ4v) is 3.44. The minimum Gasteiger partial charge on any atom is -0.497 e. The molecule has 1 heterocycles. The zero-order valence-corrected chi connectivity index (χ0v) is 12.2. The van der Waals surface area contributed by atoms with Crippen LogP contribution in [0.3, 0.4) is 0 Å². The molecule has 2 aromatic carbocycles. The van der Waals surface area contributed by atoms with E-state index in [1.165, 1.54) is 21.2 Å². The fourth-order valence-electron chi connectivity index (χ4n) is 2.41. The second kappa shape index (κ2) is 5.65. The summed E-state index contributed by atoms with van der Waals surface area (Å²) in [5.41, 5.74) is 8.85. The maximum absolute atomic E-state index is 6.38. The normalized spacial score (nSPS) is 12.5. The molecule has 1 atom stereocenters. The minimum atomic E-state index is 0.0274. The second-order valence-corrected chi connectivity index (χ2v) is 5.76. The lowest BCUT2D eigenvalue weighted by Crippen LogP contribution is -2.12. The van der Waals surface area contributed by atoms with Gasteiger partial charge in [0.05, 0.1) is 7.11 Å². The molecule has 0 fully saturated rings. The van der Waals surface area contributed by atoms with Crippen molar-refractivity contribution in [1.82, 2.24) is 0 Å². The number of thiophene rings is 1. The van der Waals surface area contributed by atoms with Crippen LogP contribution < -0.4 is 10.5 Å². The van der Waals surface area contributed by atoms with Crippen LogP contribution in [0.1, 0.15) is 17.2 Å². The number of nitrogens with two attached hydrogens (primary N) is 1. The molecule has 102 valence electrons. The van der Waals surface area contributed by atoms with Gasteiger partial charge in [0, 0.05) is 10.7 Å². The van der Waals surface area contributed by atoms with Gasteiger partial charge in [-0.2, -0.15) is 0 Å². The number of benzene rings is 2. The van der Waals surface area contributed by atoms with Gasteiger partial charge in [-0.25, -0.2) is 0 Å². The van der Waals surface area contributed by atoms with Crippen molar-refractivity contribution >= 4 is 21.4 Å².